The van der Waals surface area contributed by atoms with Crippen molar-refractivity contribution in [3.05, 3.63) is 64.7 Å². The van der Waals surface area contributed by atoms with Crippen LogP contribution in [0.1, 0.15) is 30.1 Å². The van der Waals surface area contributed by atoms with Crippen molar-refractivity contribution in [2.75, 3.05) is 20.1 Å². The molecule has 5 nitrogen and oxygen atoms in total. The van der Waals surface area contributed by atoms with Crippen molar-refractivity contribution in [2.45, 2.75) is 25.2 Å². The van der Waals surface area contributed by atoms with Gasteiger partial charge < -0.3 is 20.1 Å². The first kappa shape index (κ1) is 18.7. The molecule has 26 heavy (non-hydrogen) atoms. The fraction of sp³-hybridized carbons (Fsp3) is 0.350. The Labute approximate surface area is 158 Å². The van der Waals surface area contributed by atoms with E-state index in [1.165, 1.54) is 0 Å². The van der Waals surface area contributed by atoms with Gasteiger partial charge in [0.05, 0.1) is 0 Å². The highest BCUT2D eigenvalue weighted by Crippen LogP contribution is 2.39. The first-order chi connectivity index (χ1) is 12.7. The van der Waals surface area contributed by atoms with E-state index in [9.17, 15) is 4.79 Å². The standard InChI is InChI=1S/C20H23ClN2O3/c1-22-11-5-6-12-23-19(24)20-25-17-10-9-15(21)13-16(17)18(26-20)14-7-3-2-4-8-14/h2-4,7-10,13,18,20,22H,5-6,11-12H2,1H3,(H,23,24)/t18-,20+/m1/s1. The summed E-state index contributed by atoms with van der Waals surface area (Å²) >= 11 is 6.14. The lowest BCUT2D eigenvalue weighted by atomic mass is 9.99. The van der Waals surface area contributed by atoms with E-state index < -0.39 is 12.4 Å². The average molecular weight is 375 g/mol. The minimum Gasteiger partial charge on any atom is -0.455 e. The molecule has 2 aromatic carbocycles. The third-order valence-corrected chi connectivity index (χ3v) is 4.45. The number of rotatable bonds is 7. The van der Waals surface area contributed by atoms with Gasteiger partial charge in [0.25, 0.3) is 12.2 Å². The number of hydrogen-bond acceptors (Lipinski definition) is 4. The molecule has 138 valence electrons. The molecule has 1 amide bonds. The second kappa shape index (κ2) is 9.03. The van der Waals surface area contributed by atoms with Crippen LogP contribution in [0, 0.1) is 0 Å². The van der Waals surface area contributed by atoms with Crippen molar-refractivity contribution in [2.24, 2.45) is 0 Å². The highest BCUT2D eigenvalue weighted by atomic mass is 35.5. The molecule has 3 rings (SSSR count). The molecule has 0 aliphatic carbocycles. The maximum Gasteiger partial charge on any atom is 0.289 e. The second-order valence-corrected chi connectivity index (χ2v) is 6.60. The summed E-state index contributed by atoms with van der Waals surface area (Å²) in [4.78, 5) is 12.5. The van der Waals surface area contributed by atoms with Crippen LogP contribution in [-0.2, 0) is 9.53 Å². The monoisotopic (exact) mass is 374 g/mol. The van der Waals surface area contributed by atoms with Gasteiger partial charge in [-0.25, -0.2) is 0 Å². The van der Waals surface area contributed by atoms with E-state index >= 15 is 0 Å². The third-order valence-electron chi connectivity index (χ3n) is 4.22. The highest BCUT2D eigenvalue weighted by molar-refractivity contribution is 6.30. The number of halogens is 1. The predicted octanol–water partition coefficient (Wildman–Crippen LogP) is 3.28. The molecule has 2 aromatic rings. The summed E-state index contributed by atoms with van der Waals surface area (Å²) in [7, 11) is 1.91. The van der Waals surface area contributed by atoms with Crippen molar-refractivity contribution in [3.63, 3.8) is 0 Å². The third kappa shape index (κ3) is 4.55. The molecule has 1 aliphatic heterocycles. The van der Waals surface area contributed by atoms with E-state index in [0.717, 1.165) is 30.5 Å². The Morgan fingerprint density at radius 2 is 1.88 bits per heavy atom. The lowest BCUT2D eigenvalue weighted by Crippen LogP contribution is -2.43. The van der Waals surface area contributed by atoms with Gasteiger partial charge in [-0.15, -0.1) is 0 Å². The molecule has 2 N–H and O–H groups in total. The van der Waals surface area contributed by atoms with Crippen LogP contribution in [0.4, 0.5) is 0 Å². The van der Waals surface area contributed by atoms with Crippen LogP contribution >= 0.6 is 11.6 Å². The zero-order chi connectivity index (χ0) is 18.4. The molecule has 0 aromatic heterocycles. The summed E-state index contributed by atoms with van der Waals surface area (Å²) in [6.07, 6.45) is 0.502. The molecule has 0 saturated carbocycles. The minimum absolute atomic E-state index is 0.268. The molecule has 0 saturated heterocycles. The van der Waals surface area contributed by atoms with Gasteiger partial charge in [-0.1, -0.05) is 41.9 Å². The van der Waals surface area contributed by atoms with Gasteiger partial charge in [-0.2, -0.15) is 0 Å². The molecule has 1 heterocycles. The number of fused-ring (bicyclic) bond motifs is 1. The average Bonchev–Trinajstić information content (AvgIpc) is 2.67. The lowest BCUT2D eigenvalue weighted by Gasteiger charge is -2.32. The number of unbranched alkanes of at least 4 members (excludes halogenated alkanes) is 1. The van der Waals surface area contributed by atoms with Crippen molar-refractivity contribution >= 4 is 17.5 Å². The van der Waals surface area contributed by atoms with Gasteiger partial charge in [-0.05, 0) is 50.2 Å². The molecule has 0 spiro atoms. The quantitative estimate of drug-likeness (QED) is 0.730. The molecule has 0 unspecified atom stereocenters. The van der Waals surface area contributed by atoms with Crippen LogP contribution in [0.2, 0.25) is 5.02 Å². The summed E-state index contributed by atoms with van der Waals surface area (Å²) < 4.78 is 11.8. The highest BCUT2D eigenvalue weighted by Gasteiger charge is 2.34. The van der Waals surface area contributed by atoms with Crippen LogP contribution < -0.4 is 15.4 Å². The van der Waals surface area contributed by atoms with E-state index in [2.05, 4.69) is 10.6 Å². The van der Waals surface area contributed by atoms with E-state index in [1.54, 1.807) is 12.1 Å². The Morgan fingerprint density at radius 1 is 1.12 bits per heavy atom. The number of ether oxygens (including phenoxy) is 2. The van der Waals surface area contributed by atoms with Crippen LogP contribution in [0.25, 0.3) is 0 Å². The number of carbonyl (C=O) groups excluding carboxylic acids is 1. The summed E-state index contributed by atoms with van der Waals surface area (Å²) in [5.74, 6) is 0.348. The smallest absolute Gasteiger partial charge is 0.289 e. The predicted molar refractivity (Wildman–Crippen MR) is 101 cm³/mol. The van der Waals surface area contributed by atoms with Crippen molar-refractivity contribution in [1.29, 1.82) is 0 Å². The topological polar surface area (TPSA) is 59.6 Å². The number of carbonyl (C=O) groups is 1. The van der Waals surface area contributed by atoms with Crippen LogP contribution in [-0.4, -0.2) is 32.3 Å². The van der Waals surface area contributed by atoms with Gasteiger partial charge >= 0.3 is 0 Å². The summed E-state index contributed by atoms with van der Waals surface area (Å²) in [6.45, 7) is 1.52. The Bertz CT molecular complexity index is 739. The SMILES string of the molecule is CNCCCCNC(=O)[C@H]1Oc2ccc(Cl)cc2[C@@H](c2ccccc2)O1. The van der Waals surface area contributed by atoms with Gasteiger partial charge in [0, 0.05) is 17.1 Å². The Hall–Kier alpha value is -2.08. The van der Waals surface area contributed by atoms with E-state index in [4.69, 9.17) is 21.1 Å². The first-order valence-electron chi connectivity index (χ1n) is 8.78. The van der Waals surface area contributed by atoms with Gasteiger partial charge in [0.1, 0.15) is 11.9 Å². The van der Waals surface area contributed by atoms with Gasteiger partial charge in [0.15, 0.2) is 0 Å². The molecule has 2 atom stereocenters. The molecule has 1 aliphatic rings. The first-order valence-corrected chi connectivity index (χ1v) is 9.15. The fourth-order valence-corrected chi connectivity index (χ4v) is 3.08. The minimum atomic E-state index is -0.988. The molecule has 0 bridgehead atoms. The Kier molecular flexibility index (Phi) is 6.50. The largest absolute Gasteiger partial charge is 0.455 e. The number of benzene rings is 2. The number of amides is 1. The Balaban J connectivity index is 1.74. The van der Waals surface area contributed by atoms with Crippen LogP contribution in [0.3, 0.4) is 0 Å². The number of nitrogens with one attached hydrogen (secondary N) is 2. The van der Waals surface area contributed by atoms with Crippen molar-refractivity contribution in [3.8, 4) is 5.75 Å². The van der Waals surface area contributed by atoms with Gasteiger partial charge in [0.2, 0.25) is 0 Å². The van der Waals surface area contributed by atoms with Crippen molar-refractivity contribution in [1.82, 2.24) is 10.6 Å². The zero-order valence-corrected chi connectivity index (χ0v) is 15.5. The summed E-state index contributed by atoms with van der Waals surface area (Å²) in [5, 5.41) is 6.57. The van der Waals surface area contributed by atoms with Gasteiger partial charge in [-0.3, -0.25) is 4.79 Å². The molecule has 6 heteroatoms. The van der Waals surface area contributed by atoms with E-state index in [0.29, 0.717) is 17.3 Å². The zero-order valence-electron chi connectivity index (χ0n) is 14.7. The molecular formula is C20H23ClN2O3. The summed E-state index contributed by atoms with van der Waals surface area (Å²) in [5.41, 5.74) is 1.77. The van der Waals surface area contributed by atoms with E-state index in [1.807, 2.05) is 43.4 Å². The molecular weight excluding hydrogens is 352 g/mol. The van der Waals surface area contributed by atoms with Crippen LogP contribution in [0.15, 0.2) is 48.5 Å². The molecule has 0 fully saturated rings. The number of hydrogen-bond donors (Lipinski definition) is 2. The molecule has 0 radical (unpaired) electrons. The summed E-state index contributed by atoms with van der Waals surface area (Å²) in [6, 6.07) is 15.1. The Morgan fingerprint density at radius 3 is 2.65 bits per heavy atom. The lowest BCUT2D eigenvalue weighted by molar-refractivity contribution is -0.165. The maximum atomic E-state index is 12.5. The maximum absolute atomic E-state index is 12.5. The van der Waals surface area contributed by atoms with Crippen LogP contribution in [0.5, 0.6) is 5.75 Å². The normalized spacial score (nSPS) is 18.7. The van der Waals surface area contributed by atoms with Crippen molar-refractivity contribution < 1.29 is 14.3 Å². The van der Waals surface area contributed by atoms with E-state index in [-0.39, 0.29) is 5.91 Å². The second-order valence-electron chi connectivity index (χ2n) is 6.16. The fourth-order valence-electron chi connectivity index (χ4n) is 2.89.